The summed E-state index contributed by atoms with van der Waals surface area (Å²) in [5.41, 5.74) is 12.9. The van der Waals surface area contributed by atoms with Crippen LogP contribution in [0.15, 0.2) is 41.8 Å². The number of nitrogens with one attached hydrogen (secondary N) is 2. The minimum atomic E-state index is 0.599. The zero-order chi connectivity index (χ0) is 16.2. The molecule has 0 aliphatic rings. The van der Waals surface area contributed by atoms with Gasteiger partial charge in [-0.3, -0.25) is 10.4 Å². The van der Waals surface area contributed by atoms with Gasteiger partial charge in [-0.1, -0.05) is 11.3 Å². The Morgan fingerprint density at radius 1 is 1.22 bits per heavy atom. The summed E-state index contributed by atoms with van der Waals surface area (Å²) in [5, 5.41) is 16.7. The van der Waals surface area contributed by atoms with E-state index < -0.39 is 0 Å². The molecule has 8 heteroatoms. The predicted octanol–water partition coefficient (Wildman–Crippen LogP) is 3.26. The zero-order valence-corrected chi connectivity index (χ0v) is 13.3. The first-order valence-corrected chi connectivity index (χ1v) is 7.61. The Morgan fingerprint density at radius 3 is 2.83 bits per heavy atom. The fourth-order valence-corrected chi connectivity index (χ4v) is 2.79. The molecule has 2 aromatic heterocycles. The number of anilines is 4. The third-order valence-electron chi connectivity index (χ3n) is 3.11. The second-order valence-corrected chi connectivity index (χ2v) is 5.82. The van der Waals surface area contributed by atoms with Crippen molar-refractivity contribution in [2.24, 2.45) is 5.10 Å². The number of nitrogens with two attached hydrogens (primary N) is 1. The lowest BCUT2D eigenvalue weighted by Crippen LogP contribution is -1.94. The molecular formula is C15H15N7S. The number of aryl methyl sites for hydroxylation is 1. The van der Waals surface area contributed by atoms with Crippen molar-refractivity contribution in [2.75, 3.05) is 16.5 Å². The van der Waals surface area contributed by atoms with Crippen LogP contribution < -0.4 is 16.5 Å². The van der Waals surface area contributed by atoms with Crippen molar-refractivity contribution in [3.8, 4) is 10.6 Å². The molecular weight excluding hydrogens is 310 g/mol. The van der Waals surface area contributed by atoms with E-state index in [0.29, 0.717) is 10.8 Å². The minimum absolute atomic E-state index is 0.599. The quantitative estimate of drug-likeness (QED) is 0.491. The molecule has 0 radical (unpaired) electrons. The normalized spacial score (nSPS) is 10.3. The first kappa shape index (κ1) is 14.9. The van der Waals surface area contributed by atoms with Gasteiger partial charge in [-0.15, -0.1) is 10.2 Å². The van der Waals surface area contributed by atoms with E-state index in [9.17, 15) is 0 Å². The summed E-state index contributed by atoms with van der Waals surface area (Å²) < 4.78 is 0. The molecule has 3 rings (SSSR count). The highest BCUT2D eigenvalue weighted by atomic mass is 32.1. The van der Waals surface area contributed by atoms with E-state index in [2.05, 4.69) is 37.7 Å². The van der Waals surface area contributed by atoms with Gasteiger partial charge in [-0.25, -0.2) is 0 Å². The van der Waals surface area contributed by atoms with Crippen molar-refractivity contribution >= 4 is 40.2 Å². The van der Waals surface area contributed by atoms with E-state index in [-0.39, 0.29) is 0 Å². The highest BCUT2D eigenvalue weighted by Gasteiger charge is 2.08. The summed E-state index contributed by atoms with van der Waals surface area (Å²) in [4.78, 5) is 4.07. The molecule has 0 aliphatic carbocycles. The first-order valence-electron chi connectivity index (χ1n) is 6.79. The molecule has 2 heterocycles. The summed E-state index contributed by atoms with van der Waals surface area (Å²) >= 11 is 1.44. The lowest BCUT2D eigenvalue weighted by molar-refractivity contribution is 1.09. The standard InChI is InChI=1S/C15H15N7S/c1-9-5-12(3-4-13(9)20-17-2)19-15-22-21-14(23-15)10-6-11(16)8-18-7-10/h3-8,20H,2,16H2,1H3,(H,19,22). The van der Waals surface area contributed by atoms with Crippen LogP contribution in [-0.2, 0) is 0 Å². The van der Waals surface area contributed by atoms with Crippen LogP contribution in [0.5, 0.6) is 0 Å². The molecule has 0 fully saturated rings. The van der Waals surface area contributed by atoms with Crippen LogP contribution >= 0.6 is 11.3 Å². The van der Waals surface area contributed by atoms with Gasteiger partial charge in [-0.2, -0.15) is 5.10 Å². The lowest BCUT2D eigenvalue weighted by atomic mass is 10.2. The third kappa shape index (κ3) is 3.43. The van der Waals surface area contributed by atoms with Crippen molar-refractivity contribution in [1.82, 2.24) is 15.2 Å². The van der Waals surface area contributed by atoms with Crippen molar-refractivity contribution in [1.29, 1.82) is 0 Å². The van der Waals surface area contributed by atoms with Crippen molar-refractivity contribution in [2.45, 2.75) is 6.92 Å². The van der Waals surface area contributed by atoms with Gasteiger partial charge in [0.25, 0.3) is 0 Å². The topological polar surface area (TPSA) is 101 Å². The zero-order valence-electron chi connectivity index (χ0n) is 12.4. The van der Waals surface area contributed by atoms with Gasteiger partial charge < -0.3 is 11.1 Å². The van der Waals surface area contributed by atoms with Crippen molar-refractivity contribution in [3.63, 3.8) is 0 Å². The van der Waals surface area contributed by atoms with Gasteiger partial charge in [0.05, 0.1) is 11.4 Å². The van der Waals surface area contributed by atoms with E-state index in [1.54, 1.807) is 12.4 Å². The number of rotatable bonds is 5. The van der Waals surface area contributed by atoms with E-state index in [1.807, 2.05) is 31.2 Å². The Kier molecular flexibility index (Phi) is 4.15. The predicted molar refractivity (Wildman–Crippen MR) is 95.2 cm³/mol. The van der Waals surface area contributed by atoms with Crippen LogP contribution in [0.3, 0.4) is 0 Å². The van der Waals surface area contributed by atoms with Gasteiger partial charge in [0.15, 0.2) is 5.01 Å². The average molecular weight is 325 g/mol. The Labute approximate surface area is 137 Å². The number of pyridine rings is 1. The second kappa shape index (κ2) is 6.41. The third-order valence-corrected chi connectivity index (χ3v) is 4.00. The maximum absolute atomic E-state index is 5.74. The molecule has 0 amide bonds. The maximum atomic E-state index is 5.74. The van der Waals surface area contributed by atoms with Gasteiger partial charge in [0.1, 0.15) is 0 Å². The summed E-state index contributed by atoms with van der Waals surface area (Å²) in [6.07, 6.45) is 3.31. The molecule has 116 valence electrons. The Morgan fingerprint density at radius 2 is 2.09 bits per heavy atom. The van der Waals surface area contributed by atoms with Gasteiger partial charge in [-0.05, 0) is 36.8 Å². The highest BCUT2D eigenvalue weighted by Crippen LogP contribution is 2.29. The Hall–Kier alpha value is -3.00. The van der Waals surface area contributed by atoms with Crippen LogP contribution in [0.2, 0.25) is 0 Å². The molecule has 0 unspecified atom stereocenters. The molecule has 1 aromatic carbocycles. The summed E-state index contributed by atoms with van der Waals surface area (Å²) in [6, 6.07) is 7.68. The number of nitrogens with zero attached hydrogens (tertiary/aromatic N) is 4. The van der Waals surface area contributed by atoms with E-state index in [4.69, 9.17) is 5.73 Å². The number of hydrogen-bond acceptors (Lipinski definition) is 8. The van der Waals surface area contributed by atoms with Gasteiger partial charge in [0.2, 0.25) is 5.13 Å². The van der Waals surface area contributed by atoms with Gasteiger partial charge in [0, 0.05) is 30.4 Å². The Balaban J connectivity index is 1.79. The van der Waals surface area contributed by atoms with Crippen LogP contribution in [0, 0.1) is 6.92 Å². The number of nitrogen functional groups attached to an aromatic ring is 1. The van der Waals surface area contributed by atoms with Crippen LogP contribution in [0.4, 0.5) is 22.2 Å². The van der Waals surface area contributed by atoms with Crippen molar-refractivity contribution < 1.29 is 0 Å². The van der Waals surface area contributed by atoms with E-state index in [0.717, 1.165) is 27.5 Å². The molecule has 4 N–H and O–H groups in total. The Bertz CT molecular complexity index is 843. The molecule has 0 atom stereocenters. The molecule has 7 nitrogen and oxygen atoms in total. The molecule has 0 spiro atoms. The van der Waals surface area contributed by atoms with Gasteiger partial charge >= 0.3 is 0 Å². The lowest BCUT2D eigenvalue weighted by Gasteiger charge is -2.07. The molecule has 0 saturated carbocycles. The molecule has 0 aliphatic heterocycles. The fraction of sp³-hybridized carbons (Fsp3) is 0.0667. The van der Waals surface area contributed by atoms with E-state index >= 15 is 0 Å². The maximum Gasteiger partial charge on any atom is 0.210 e. The molecule has 0 bridgehead atoms. The van der Waals surface area contributed by atoms with Crippen LogP contribution in [-0.4, -0.2) is 21.9 Å². The second-order valence-electron chi connectivity index (χ2n) is 4.84. The molecule has 23 heavy (non-hydrogen) atoms. The van der Waals surface area contributed by atoms with Crippen LogP contribution in [0.1, 0.15) is 5.56 Å². The minimum Gasteiger partial charge on any atom is -0.397 e. The monoisotopic (exact) mass is 325 g/mol. The summed E-state index contributed by atoms with van der Waals surface area (Å²) in [5.74, 6) is 0. The first-order chi connectivity index (χ1) is 11.2. The fourth-order valence-electron chi connectivity index (χ4n) is 2.04. The number of hydrazone groups is 1. The summed E-state index contributed by atoms with van der Waals surface area (Å²) in [6.45, 7) is 5.41. The molecule has 0 saturated heterocycles. The largest absolute Gasteiger partial charge is 0.397 e. The van der Waals surface area contributed by atoms with Crippen molar-refractivity contribution in [3.05, 3.63) is 42.2 Å². The number of hydrogen-bond donors (Lipinski definition) is 3. The highest BCUT2D eigenvalue weighted by molar-refractivity contribution is 7.18. The summed E-state index contributed by atoms with van der Waals surface area (Å²) in [7, 11) is 0. The van der Waals surface area contributed by atoms with Crippen LogP contribution in [0.25, 0.3) is 10.6 Å². The smallest absolute Gasteiger partial charge is 0.210 e. The molecule has 3 aromatic rings. The number of aromatic nitrogens is 3. The van der Waals surface area contributed by atoms with E-state index in [1.165, 1.54) is 11.3 Å². The number of benzene rings is 1. The SMILES string of the molecule is C=NNc1ccc(Nc2nnc(-c3cncc(N)c3)s2)cc1C. The average Bonchev–Trinajstić information content (AvgIpc) is 2.99.